The molecule has 106 valence electrons. The zero-order valence-corrected chi connectivity index (χ0v) is 11.3. The van der Waals surface area contributed by atoms with Crippen molar-refractivity contribution in [3.63, 3.8) is 0 Å². The first kappa shape index (κ1) is 13.1. The lowest BCUT2D eigenvalue weighted by atomic mass is 10.0. The van der Waals surface area contributed by atoms with Gasteiger partial charge in [-0.3, -0.25) is 9.59 Å². The van der Waals surface area contributed by atoms with Gasteiger partial charge in [0.2, 0.25) is 5.91 Å². The van der Waals surface area contributed by atoms with E-state index in [4.69, 9.17) is 5.73 Å². The molecule has 0 aromatic heterocycles. The quantitative estimate of drug-likeness (QED) is 0.719. The topological polar surface area (TPSA) is 75.4 Å². The van der Waals surface area contributed by atoms with Crippen molar-refractivity contribution in [2.24, 2.45) is 5.73 Å². The fraction of sp³-hybridized carbons (Fsp3) is 0.467. The van der Waals surface area contributed by atoms with Gasteiger partial charge in [0.25, 0.3) is 5.91 Å². The highest BCUT2D eigenvalue weighted by molar-refractivity contribution is 6.03. The summed E-state index contributed by atoms with van der Waals surface area (Å²) in [5.74, 6) is -0.0804. The molecular formula is C15H19N3O2. The number of nitrogens with one attached hydrogen (secondary N) is 1. The van der Waals surface area contributed by atoms with Gasteiger partial charge in [-0.05, 0) is 24.8 Å². The molecule has 3 rings (SSSR count). The highest BCUT2D eigenvalue weighted by Crippen LogP contribution is 2.27. The van der Waals surface area contributed by atoms with Crippen LogP contribution in [0.5, 0.6) is 0 Å². The number of carbonyl (C=O) groups excluding carboxylic acids is 2. The number of hydrogen-bond acceptors (Lipinski definition) is 3. The van der Waals surface area contributed by atoms with Gasteiger partial charge in [0.05, 0.1) is 0 Å². The number of amides is 2. The molecule has 0 saturated carbocycles. The minimum absolute atomic E-state index is 0.0116. The molecule has 0 radical (unpaired) electrons. The van der Waals surface area contributed by atoms with Gasteiger partial charge in [-0.15, -0.1) is 0 Å². The lowest BCUT2D eigenvalue weighted by molar-refractivity contribution is -0.137. The maximum absolute atomic E-state index is 12.5. The van der Waals surface area contributed by atoms with E-state index >= 15 is 0 Å². The molecule has 0 bridgehead atoms. The van der Waals surface area contributed by atoms with E-state index in [2.05, 4.69) is 5.32 Å². The van der Waals surface area contributed by atoms with Gasteiger partial charge in [-0.25, -0.2) is 0 Å². The highest BCUT2D eigenvalue weighted by Gasteiger charge is 2.37. The average Bonchev–Trinajstić information content (AvgIpc) is 2.71. The van der Waals surface area contributed by atoms with Crippen molar-refractivity contribution in [1.82, 2.24) is 10.2 Å². The molecule has 0 spiro atoms. The Labute approximate surface area is 118 Å². The van der Waals surface area contributed by atoms with Gasteiger partial charge >= 0.3 is 0 Å². The molecule has 2 amide bonds. The Bertz CT molecular complexity index is 533. The summed E-state index contributed by atoms with van der Waals surface area (Å²) in [6.45, 7) is 1.21. The molecule has 2 atom stereocenters. The summed E-state index contributed by atoms with van der Waals surface area (Å²) >= 11 is 0. The van der Waals surface area contributed by atoms with E-state index in [1.165, 1.54) is 0 Å². The normalized spacial score (nSPS) is 30.1. The molecule has 3 N–H and O–H groups in total. The maximum atomic E-state index is 12.5. The molecule has 2 unspecified atom stereocenters. The smallest absolute Gasteiger partial charge is 0.255 e. The van der Waals surface area contributed by atoms with Crippen molar-refractivity contribution in [3.8, 4) is 0 Å². The molecule has 1 aliphatic carbocycles. The lowest BCUT2D eigenvalue weighted by Gasteiger charge is -2.30. The molecule has 2 aliphatic heterocycles. The Kier molecular flexibility index (Phi) is 3.44. The monoisotopic (exact) mass is 273 g/mol. The molecule has 2 heterocycles. The molecular weight excluding hydrogens is 254 g/mol. The first-order valence-electron chi connectivity index (χ1n) is 7.09. The van der Waals surface area contributed by atoms with Crippen LogP contribution in [-0.4, -0.2) is 41.9 Å². The van der Waals surface area contributed by atoms with Crippen molar-refractivity contribution in [2.45, 2.75) is 31.3 Å². The Morgan fingerprint density at radius 1 is 1.30 bits per heavy atom. The number of rotatable bonds is 1. The number of carbonyl (C=O) groups is 2. The number of hydrogen-bond donors (Lipinski definition) is 2. The third kappa shape index (κ3) is 2.29. The van der Waals surface area contributed by atoms with Crippen LogP contribution in [0.15, 0.2) is 35.5 Å². The van der Waals surface area contributed by atoms with Crippen LogP contribution in [0.1, 0.15) is 19.3 Å². The number of nitrogens with zero attached hydrogens (tertiary/aromatic N) is 1. The van der Waals surface area contributed by atoms with E-state index in [-0.39, 0.29) is 23.9 Å². The predicted molar refractivity (Wildman–Crippen MR) is 75.6 cm³/mol. The molecule has 1 saturated heterocycles. The summed E-state index contributed by atoms with van der Waals surface area (Å²) in [5, 5.41) is 2.84. The molecule has 3 aliphatic rings. The molecule has 20 heavy (non-hydrogen) atoms. The lowest BCUT2D eigenvalue weighted by Crippen LogP contribution is -2.51. The van der Waals surface area contributed by atoms with E-state index in [0.29, 0.717) is 18.7 Å². The van der Waals surface area contributed by atoms with Crippen LogP contribution < -0.4 is 11.1 Å². The zero-order chi connectivity index (χ0) is 14.1. The second-order valence-corrected chi connectivity index (χ2v) is 5.48. The van der Waals surface area contributed by atoms with E-state index in [0.717, 1.165) is 24.8 Å². The molecule has 5 heteroatoms. The van der Waals surface area contributed by atoms with Crippen LogP contribution in [0.4, 0.5) is 0 Å². The molecule has 0 aromatic carbocycles. The van der Waals surface area contributed by atoms with Gasteiger partial charge < -0.3 is 16.0 Å². The third-order valence-electron chi connectivity index (χ3n) is 4.05. The summed E-state index contributed by atoms with van der Waals surface area (Å²) < 4.78 is 0. The van der Waals surface area contributed by atoms with Crippen molar-refractivity contribution < 1.29 is 9.59 Å². The van der Waals surface area contributed by atoms with E-state index in [9.17, 15) is 9.59 Å². The summed E-state index contributed by atoms with van der Waals surface area (Å²) in [5.41, 5.74) is 7.56. The summed E-state index contributed by atoms with van der Waals surface area (Å²) in [6.07, 6.45) is 10.0. The van der Waals surface area contributed by atoms with E-state index < -0.39 is 0 Å². The minimum atomic E-state index is -0.333. The van der Waals surface area contributed by atoms with Crippen LogP contribution >= 0.6 is 0 Å². The van der Waals surface area contributed by atoms with Gasteiger partial charge in [0.15, 0.2) is 0 Å². The van der Waals surface area contributed by atoms with Crippen LogP contribution in [-0.2, 0) is 9.59 Å². The van der Waals surface area contributed by atoms with E-state index in [1.54, 1.807) is 4.90 Å². The SMILES string of the molecule is NC1C=CC2=C(C=CC1)C(=O)N(C1CCCNC1=O)C2. The van der Waals surface area contributed by atoms with Gasteiger partial charge in [-0.2, -0.15) is 0 Å². The standard InChI is InChI=1S/C15H19N3O2/c16-11-3-1-4-12-10(6-7-11)9-18(15(12)20)13-5-2-8-17-14(13)19/h1,4,6-7,11,13H,2-3,5,8-9,16H2,(H,17,19). The molecule has 1 fully saturated rings. The van der Waals surface area contributed by atoms with Crippen molar-refractivity contribution in [3.05, 3.63) is 35.5 Å². The average molecular weight is 273 g/mol. The summed E-state index contributed by atoms with van der Waals surface area (Å²) in [6, 6.07) is -0.345. The van der Waals surface area contributed by atoms with Crippen molar-refractivity contribution in [1.29, 1.82) is 0 Å². The third-order valence-corrected chi connectivity index (χ3v) is 4.05. The fourth-order valence-electron chi connectivity index (χ4n) is 2.92. The van der Waals surface area contributed by atoms with Crippen LogP contribution in [0.2, 0.25) is 0 Å². The molecule has 0 aromatic rings. The first-order valence-corrected chi connectivity index (χ1v) is 7.09. The number of piperidine rings is 1. The van der Waals surface area contributed by atoms with Crippen molar-refractivity contribution >= 4 is 11.8 Å². The van der Waals surface area contributed by atoms with E-state index in [1.807, 2.05) is 24.3 Å². The zero-order valence-electron chi connectivity index (χ0n) is 11.3. The number of nitrogens with two attached hydrogens (primary N) is 1. The Hall–Kier alpha value is -1.88. The molecule has 5 nitrogen and oxygen atoms in total. The summed E-state index contributed by atoms with van der Waals surface area (Å²) in [4.78, 5) is 26.1. The largest absolute Gasteiger partial charge is 0.354 e. The van der Waals surface area contributed by atoms with Gasteiger partial charge in [0, 0.05) is 24.7 Å². The second kappa shape index (κ2) is 5.25. The predicted octanol–water partition coefficient (Wildman–Crippen LogP) is 0.247. The summed E-state index contributed by atoms with van der Waals surface area (Å²) in [7, 11) is 0. The maximum Gasteiger partial charge on any atom is 0.255 e. The fourth-order valence-corrected chi connectivity index (χ4v) is 2.92. The first-order chi connectivity index (χ1) is 9.66. The van der Waals surface area contributed by atoms with Crippen molar-refractivity contribution in [2.75, 3.05) is 13.1 Å². The van der Waals surface area contributed by atoms with Crippen LogP contribution in [0.3, 0.4) is 0 Å². The Morgan fingerprint density at radius 2 is 2.15 bits per heavy atom. The Balaban J connectivity index is 1.84. The minimum Gasteiger partial charge on any atom is -0.354 e. The van der Waals surface area contributed by atoms with Gasteiger partial charge in [-0.1, -0.05) is 24.3 Å². The Morgan fingerprint density at radius 3 is 2.95 bits per heavy atom. The van der Waals surface area contributed by atoms with Gasteiger partial charge in [0.1, 0.15) is 6.04 Å². The second-order valence-electron chi connectivity index (χ2n) is 5.48. The highest BCUT2D eigenvalue weighted by atomic mass is 16.2. The van der Waals surface area contributed by atoms with Crippen LogP contribution in [0, 0.1) is 0 Å². The van der Waals surface area contributed by atoms with Crippen LogP contribution in [0.25, 0.3) is 0 Å².